The Bertz CT molecular complexity index is 823. The van der Waals surface area contributed by atoms with Gasteiger partial charge >= 0.3 is 0 Å². The lowest BCUT2D eigenvalue weighted by atomic mass is 10.2. The van der Waals surface area contributed by atoms with Crippen molar-refractivity contribution in [3.63, 3.8) is 0 Å². The van der Waals surface area contributed by atoms with Gasteiger partial charge in [-0.2, -0.15) is 0 Å². The van der Waals surface area contributed by atoms with Crippen molar-refractivity contribution in [2.24, 2.45) is 0 Å². The lowest BCUT2D eigenvalue weighted by Crippen LogP contribution is -2.35. The van der Waals surface area contributed by atoms with Crippen LogP contribution in [-0.2, 0) is 11.2 Å². The number of anilines is 1. The molecule has 0 unspecified atom stereocenters. The maximum absolute atomic E-state index is 12.2. The van der Waals surface area contributed by atoms with Gasteiger partial charge in [-0.3, -0.25) is 4.79 Å². The SMILES string of the molecule is CCN(CCNC(=O)Cc1cn2ccccc2n1)c1cccc(C)c1. The average Bonchev–Trinajstić information content (AvgIpc) is 3.00. The summed E-state index contributed by atoms with van der Waals surface area (Å²) < 4.78 is 1.93. The van der Waals surface area contributed by atoms with Crippen LogP contribution in [0.1, 0.15) is 18.2 Å². The zero-order valence-corrected chi connectivity index (χ0v) is 14.8. The van der Waals surface area contributed by atoms with Crippen LogP contribution >= 0.6 is 0 Å². The molecule has 3 rings (SSSR count). The van der Waals surface area contributed by atoms with Crippen LogP contribution in [-0.4, -0.2) is 34.9 Å². The molecule has 1 aromatic carbocycles. The molecule has 0 aliphatic carbocycles. The van der Waals surface area contributed by atoms with Gasteiger partial charge < -0.3 is 14.6 Å². The van der Waals surface area contributed by atoms with E-state index < -0.39 is 0 Å². The van der Waals surface area contributed by atoms with Gasteiger partial charge in [0.2, 0.25) is 5.91 Å². The van der Waals surface area contributed by atoms with Gasteiger partial charge in [0.25, 0.3) is 0 Å². The fourth-order valence-electron chi connectivity index (χ4n) is 2.92. The van der Waals surface area contributed by atoms with Crippen molar-refractivity contribution >= 4 is 17.2 Å². The summed E-state index contributed by atoms with van der Waals surface area (Å²) in [5, 5.41) is 2.99. The van der Waals surface area contributed by atoms with Gasteiger partial charge in [0.05, 0.1) is 12.1 Å². The highest BCUT2D eigenvalue weighted by atomic mass is 16.1. The lowest BCUT2D eigenvalue weighted by molar-refractivity contribution is -0.120. The summed E-state index contributed by atoms with van der Waals surface area (Å²) in [5.74, 6) is 0.00343. The summed E-state index contributed by atoms with van der Waals surface area (Å²) in [6.45, 7) is 6.53. The van der Waals surface area contributed by atoms with E-state index in [1.807, 2.05) is 35.0 Å². The number of aromatic nitrogens is 2. The molecular formula is C20H24N4O. The van der Waals surface area contributed by atoms with Crippen molar-refractivity contribution in [1.29, 1.82) is 0 Å². The summed E-state index contributed by atoms with van der Waals surface area (Å²) in [7, 11) is 0. The van der Waals surface area contributed by atoms with Crippen molar-refractivity contribution in [1.82, 2.24) is 14.7 Å². The predicted molar refractivity (Wildman–Crippen MR) is 101 cm³/mol. The molecule has 0 radical (unpaired) electrons. The number of fused-ring (bicyclic) bond motifs is 1. The summed E-state index contributed by atoms with van der Waals surface area (Å²) >= 11 is 0. The Morgan fingerprint density at radius 1 is 1.24 bits per heavy atom. The van der Waals surface area contributed by atoms with Crippen LogP contribution in [0, 0.1) is 6.92 Å². The Hall–Kier alpha value is -2.82. The van der Waals surface area contributed by atoms with Crippen LogP contribution < -0.4 is 10.2 Å². The third-order valence-corrected chi connectivity index (χ3v) is 4.21. The number of pyridine rings is 1. The minimum Gasteiger partial charge on any atom is -0.370 e. The van der Waals surface area contributed by atoms with Gasteiger partial charge in [-0.15, -0.1) is 0 Å². The zero-order chi connectivity index (χ0) is 17.6. The number of likely N-dealkylation sites (N-methyl/N-ethyl adjacent to an activating group) is 1. The highest BCUT2D eigenvalue weighted by molar-refractivity contribution is 5.78. The first-order chi connectivity index (χ1) is 12.2. The molecule has 0 aliphatic heterocycles. The number of aryl methyl sites for hydroxylation is 1. The minimum absolute atomic E-state index is 0.00343. The van der Waals surface area contributed by atoms with Crippen molar-refractivity contribution in [2.75, 3.05) is 24.5 Å². The van der Waals surface area contributed by atoms with Gasteiger partial charge in [-0.05, 0) is 43.7 Å². The van der Waals surface area contributed by atoms with E-state index in [-0.39, 0.29) is 5.91 Å². The molecule has 3 aromatic rings. The number of hydrogen-bond donors (Lipinski definition) is 1. The van der Waals surface area contributed by atoms with E-state index in [0.29, 0.717) is 13.0 Å². The first kappa shape index (κ1) is 17.0. The summed E-state index contributed by atoms with van der Waals surface area (Å²) in [6.07, 6.45) is 4.14. The van der Waals surface area contributed by atoms with Gasteiger partial charge in [-0.25, -0.2) is 4.98 Å². The molecule has 0 spiro atoms. The van der Waals surface area contributed by atoms with E-state index in [1.165, 1.54) is 11.3 Å². The number of carbonyl (C=O) groups excluding carboxylic acids is 1. The molecule has 1 N–H and O–H groups in total. The maximum atomic E-state index is 12.2. The van der Waals surface area contributed by atoms with Crippen molar-refractivity contribution in [2.45, 2.75) is 20.3 Å². The molecule has 0 bridgehead atoms. The van der Waals surface area contributed by atoms with Gasteiger partial charge in [0.1, 0.15) is 5.65 Å². The van der Waals surface area contributed by atoms with Crippen LogP contribution in [0.3, 0.4) is 0 Å². The van der Waals surface area contributed by atoms with Crippen molar-refractivity contribution < 1.29 is 4.79 Å². The standard InChI is InChI=1S/C20H24N4O/c1-3-23(18-8-6-7-16(2)13-18)12-10-21-20(25)14-17-15-24-11-5-4-9-19(24)22-17/h4-9,11,13,15H,3,10,12,14H2,1-2H3,(H,21,25). The van der Waals surface area contributed by atoms with E-state index in [0.717, 1.165) is 24.4 Å². The van der Waals surface area contributed by atoms with Crippen molar-refractivity contribution in [3.8, 4) is 0 Å². The van der Waals surface area contributed by atoms with Crippen LogP contribution in [0.4, 0.5) is 5.69 Å². The summed E-state index contributed by atoms with van der Waals surface area (Å²) in [6, 6.07) is 14.3. The van der Waals surface area contributed by atoms with Crippen LogP contribution in [0.15, 0.2) is 54.9 Å². The Balaban J connectivity index is 1.51. The molecule has 0 aliphatic rings. The molecule has 2 heterocycles. The number of benzene rings is 1. The maximum Gasteiger partial charge on any atom is 0.226 e. The second-order valence-corrected chi connectivity index (χ2v) is 6.14. The van der Waals surface area contributed by atoms with Crippen LogP contribution in [0.25, 0.3) is 5.65 Å². The zero-order valence-electron chi connectivity index (χ0n) is 14.8. The second-order valence-electron chi connectivity index (χ2n) is 6.14. The number of hydrogen-bond acceptors (Lipinski definition) is 3. The third-order valence-electron chi connectivity index (χ3n) is 4.21. The number of rotatable bonds is 7. The first-order valence-corrected chi connectivity index (χ1v) is 8.66. The molecule has 5 nitrogen and oxygen atoms in total. The molecule has 2 aromatic heterocycles. The van der Waals surface area contributed by atoms with Gasteiger partial charge in [0, 0.05) is 37.7 Å². The Kier molecular flexibility index (Phi) is 5.33. The quantitative estimate of drug-likeness (QED) is 0.722. The van der Waals surface area contributed by atoms with Gasteiger partial charge in [0.15, 0.2) is 0 Å². The smallest absolute Gasteiger partial charge is 0.226 e. The summed E-state index contributed by atoms with van der Waals surface area (Å²) in [5.41, 5.74) is 4.08. The van der Waals surface area contributed by atoms with Gasteiger partial charge in [-0.1, -0.05) is 18.2 Å². The third kappa shape index (κ3) is 4.38. The lowest BCUT2D eigenvalue weighted by Gasteiger charge is -2.23. The molecule has 0 saturated carbocycles. The largest absolute Gasteiger partial charge is 0.370 e. The van der Waals surface area contributed by atoms with E-state index in [9.17, 15) is 4.79 Å². The minimum atomic E-state index is 0.00343. The average molecular weight is 336 g/mol. The van der Waals surface area contributed by atoms with E-state index in [2.05, 4.69) is 53.3 Å². The number of carbonyl (C=O) groups is 1. The fourth-order valence-corrected chi connectivity index (χ4v) is 2.92. The molecule has 25 heavy (non-hydrogen) atoms. The van der Waals surface area contributed by atoms with E-state index in [4.69, 9.17) is 0 Å². The number of imidazole rings is 1. The first-order valence-electron chi connectivity index (χ1n) is 8.66. The van der Waals surface area contributed by atoms with Crippen LogP contribution in [0.5, 0.6) is 0 Å². The molecular weight excluding hydrogens is 312 g/mol. The number of amides is 1. The normalized spacial score (nSPS) is 10.8. The fraction of sp³-hybridized carbons (Fsp3) is 0.300. The predicted octanol–water partition coefficient (Wildman–Crippen LogP) is 2.83. The monoisotopic (exact) mass is 336 g/mol. The number of nitrogens with zero attached hydrogens (tertiary/aromatic N) is 3. The molecule has 1 amide bonds. The molecule has 130 valence electrons. The second kappa shape index (κ2) is 7.83. The highest BCUT2D eigenvalue weighted by Gasteiger charge is 2.09. The summed E-state index contributed by atoms with van der Waals surface area (Å²) in [4.78, 5) is 18.9. The van der Waals surface area contributed by atoms with Crippen molar-refractivity contribution in [3.05, 3.63) is 66.1 Å². The van der Waals surface area contributed by atoms with E-state index in [1.54, 1.807) is 0 Å². The Labute approximate surface area is 148 Å². The molecule has 5 heteroatoms. The topological polar surface area (TPSA) is 49.6 Å². The molecule has 0 fully saturated rings. The van der Waals surface area contributed by atoms with Crippen LogP contribution in [0.2, 0.25) is 0 Å². The highest BCUT2D eigenvalue weighted by Crippen LogP contribution is 2.15. The van der Waals surface area contributed by atoms with E-state index >= 15 is 0 Å². The molecule has 0 saturated heterocycles. The number of nitrogens with one attached hydrogen (secondary N) is 1. The molecule has 0 atom stereocenters. The Morgan fingerprint density at radius 3 is 2.88 bits per heavy atom. The Morgan fingerprint density at radius 2 is 2.12 bits per heavy atom.